The second kappa shape index (κ2) is 12.5. The quantitative estimate of drug-likeness (QED) is 0.258. The molecule has 222 valence electrons. The van der Waals surface area contributed by atoms with Crippen LogP contribution in [0.3, 0.4) is 0 Å². The summed E-state index contributed by atoms with van der Waals surface area (Å²) >= 11 is 0. The molecule has 42 heavy (non-hydrogen) atoms. The van der Waals surface area contributed by atoms with Gasteiger partial charge in [0.05, 0.1) is 12.0 Å². The molecule has 3 aromatic carbocycles. The smallest absolute Gasteiger partial charge is 0.245 e. The monoisotopic (exact) mass is 591 g/mol. The fourth-order valence-corrected chi connectivity index (χ4v) is 7.03. The van der Waals surface area contributed by atoms with Crippen molar-refractivity contribution in [2.24, 2.45) is 5.73 Å². The topological polar surface area (TPSA) is 146 Å². The Kier molecular flexibility index (Phi) is 8.79. The second-order valence-electron chi connectivity index (χ2n) is 10.9. The van der Waals surface area contributed by atoms with Crippen molar-refractivity contribution in [3.63, 3.8) is 0 Å². The third kappa shape index (κ3) is 6.42. The van der Waals surface area contributed by atoms with Crippen LogP contribution in [0, 0.1) is 5.41 Å². The lowest BCUT2D eigenvalue weighted by atomic mass is 9.97. The maximum absolute atomic E-state index is 13.8. The van der Waals surface area contributed by atoms with Gasteiger partial charge in [0.2, 0.25) is 21.8 Å². The van der Waals surface area contributed by atoms with Gasteiger partial charge in [-0.3, -0.25) is 15.0 Å². The zero-order valence-electron chi connectivity index (χ0n) is 23.7. The van der Waals surface area contributed by atoms with Gasteiger partial charge in [0.25, 0.3) is 0 Å². The molecule has 5 rings (SSSR count). The van der Waals surface area contributed by atoms with Gasteiger partial charge in [0, 0.05) is 31.6 Å². The number of ether oxygens (including phenoxy) is 1. The molecular formula is C31H37N5O5S. The van der Waals surface area contributed by atoms with Crippen LogP contribution in [-0.4, -0.2) is 74.7 Å². The summed E-state index contributed by atoms with van der Waals surface area (Å²) in [5.74, 6) is 0.112. The number of nitrogens with zero attached hydrogens (tertiary/aromatic N) is 2. The maximum Gasteiger partial charge on any atom is 0.245 e. The summed E-state index contributed by atoms with van der Waals surface area (Å²) in [6, 6.07) is 15.5. The Labute approximate surface area is 246 Å². The Balaban J connectivity index is 1.38. The fourth-order valence-electron chi connectivity index (χ4n) is 5.77. The van der Waals surface area contributed by atoms with Gasteiger partial charge >= 0.3 is 0 Å². The number of fused-ring (bicyclic) bond motifs is 1. The van der Waals surface area contributed by atoms with Gasteiger partial charge in [0.15, 0.2) is 0 Å². The molecule has 10 nitrogen and oxygen atoms in total. The van der Waals surface area contributed by atoms with Crippen LogP contribution in [0.1, 0.15) is 43.2 Å². The predicted octanol–water partition coefficient (Wildman–Crippen LogP) is 3.03. The van der Waals surface area contributed by atoms with Gasteiger partial charge in [0.1, 0.15) is 23.7 Å². The first-order valence-electron chi connectivity index (χ1n) is 14.3. The van der Waals surface area contributed by atoms with Crippen molar-refractivity contribution in [2.75, 3.05) is 26.7 Å². The number of amides is 2. The molecule has 0 spiro atoms. The number of amidine groups is 1. The molecule has 0 aromatic heterocycles. The molecule has 3 aromatic rings. The lowest BCUT2D eigenvalue weighted by Gasteiger charge is -2.40. The van der Waals surface area contributed by atoms with Crippen molar-refractivity contribution >= 4 is 38.4 Å². The van der Waals surface area contributed by atoms with Gasteiger partial charge in [-0.2, -0.15) is 4.72 Å². The number of rotatable bonds is 9. The number of nitrogen functional groups attached to an aromatic ring is 1. The number of carbonyl (C=O) groups excluding carboxylic acids is 2. The van der Waals surface area contributed by atoms with Crippen molar-refractivity contribution in [2.45, 2.75) is 55.5 Å². The fraction of sp³-hybridized carbons (Fsp3) is 0.387. The number of nitrogens with one attached hydrogen (secondary N) is 2. The molecule has 2 atom stereocenters. The van der Waals surface area contributed by atoms with E-state index in [1.807, 2.05) is 23.1 Å². The molecule has 2 fully saturated rings. The highest BCUT2D eigenvalue weighted by atomic mass is 32.2. The Morgan fingerprint density at radius 3 is 2.38 bits per heavy atom. The number of carbonyl (C=O) groups is 2. The van der Waals surface area contributed by atoms with Crippen molar-refractivity contribution in [3.05, 3.63) is 71.8 Å². The van der Waals surface area contributed by atoms with Crippen LogP contribution >= 0.6 is 0 Å². The molecular weight excluding hydrogens is 554 g/mol. The molecule has 0 saturated carbocycles. The minimum absolute atomic E-state index is 0.0463. The van der Waals surface area contributed by atoms with Crippen molar-refractivity contribution < 1.29 is 22.7 Å². The van der Waals surface area contributed by atoms with E-state index in [4.69, 9.17) is 15.9 Å². The number of piperidine rings is 2. The van der Waals surface area contributed by atoms with Gasteiger partial charge in [-0.05, 0) is 72.7 Å². The second-order valence-corrected chi connectivity index (χ2v) is 12.7. The third-order valence-electron chi connectivity index (χ3n) is 8.12. The zero-order chi connectivity index (χ0) is 29.9. The summed E-state index contributed by atoms with van der Waals surface area (Å²) in [5.41, 5.74) is 7.01. The van der Waals surface area contributed by atoms with E-state index in [1.165, 1.54) is 6.07 Å². The molecule has 0 radical (unpaired) electrons. The summed E-state index contributed by atoms with van der Waals surface area (Å²) in [6.45, 7) is 1.65. The lowest BCUT2D eigenvalue weighted by molar-refractivity contribution is -0.149. The predicted molar refractivity (Wildman–Crippen MR) is 161 cm³/mol. The SMILES string of the molecule is COc1ccc2cc(S(=O)(=O)NC3CCCN(C(Cc4ccc(C(=N)N)cc4)C(=O)N4CCCCC4)C3=O)ccc2c1. The minimum Gasteiger partial charge on any atom is -0.497 e. The highest BCUT2D eigenvalue weighted by Crippen LogP contribution is 2.26. The molecule has 2 saturated heterocycles. The van der Waals surface area contributed by atoms with Crippen LogP contribution in [0.5, 0.6) is 5.75 Å². The molecule has 2 amide bonds. The number of methoxy groups -OCH3 is 1. The maximum atomic E-state index is 13.8. The van der Waals surface area contributed by atoms with E-state index in [1.54, 1.807) is 48.4 Å². The van der Waals surface area contributed by atoms with Crippen molar-refractivity contribution in [1.29, 1.82) is 5.41 Å². The van der Waals surface area contributed by atoms with Gasteiger partial charge in [-0.15, -0.1) is 0 Å². The normalized spacial score (nSPS) is 18.6. The first-order chi connectivity index (χ1) is 20.2. The van der Waals surface area contributed by atoms with Gasteiger partial charge in [-0.1, -0.05) is 36.4 Å². The van der Waals surface area contributed by atoms with E-state index in [0.29, 0.717) is 43.8 Å². The van der Waals surface area contributed by atoms with Crippen molar-refractivity contribution in [3.8, 4) is 5.75 Å². The van der Waals surface area contributed by atoms with Gasteiger partial charge < -0.3 is 20.3 Å². The Morgan fingerprint density at radius 1 is 1.00 bits per heavy atom. The molecule has 0 bridgehead atoms. The molecule has 2 heterocycles. The van der Waals surface area contributed by atoms with E-state index in [2.05, 4.69) is 4.72 Å². The highest BCUT2D eigenvalue weighted by molar-refractivity contribution is 7.89. The lowest BCUT2D eigenvalue weighted by Crippen LogP contribution is -2.60. The number of benzene rings is 3. The zero-order valence-corrected chi connectivity index (χ0v) is 24.5. The van der Waals surface area contributed by atoms with Crippen LogP contribution in [0.15, 0.2) is 65.6 Å². The number of hydrogen-bond donors (Lipinski definition) is 3. The average Bonchev–Trinajstić information content (AvgIpc) is 3.00. The number of sulfonamides is 1. The molecule has 2 unspecified atom stereocenters. The number of hydrogen-bond acceptors (Lipinski definition) is 6. The van der Waals surface area contributed by atoms with E-state index in [-0.39, 0.29) is 23.1 Å². The summed E-state index contributed by atoms with van der Waals surface area (Å²) < 4.78 is 34.8. The summed E-state index contributed by atoms with van der Waals surface area (Å²) in [6.07, 6.45) is 4.09. The largest absolute Gasteiger partial charge is 0.497 e. The Morgan fingerprint density at radius 2 is 1.69 bits per heavy atom. The minimum atomic E-state index is -4.02. The van der Waals surface area contributed by atoms with E-state index >= 15 is 0 Å². The Hall–Kier alpha value is -3.96. The van der Waals surface area contributed by atoms with Crippen molar-refractivity contribution in [1.82, 2.24) is 14.5 Å². The summed E-state index contributed by atoms with van der Waals surface area (Å²) in [4.78, 5) is 31.1. The van der Waals surface area contributed by atoms with E-state index in [9.17, 15) is 18.0 Å². The summed E-state index contributed by atoms with van der Waals surface area (Å²) in [5, 5.41) is 9.22. The first kappa shape index (κ1) is 29.5. The van der Waals surface area contributed by atoms with Crippen LogP contribution < -0.4 is 15.2 Å². The van der Waals surface area contributed by atoms with Gasteiger partial charge in [-0.25, -0.2) is 8.42 Å². The number of likely N-dealkylation sites (tertiary alicyclic amines) is 2. The molecule has 0 aliphatic carbocycles. The van der Waals surface area contributed by atoms with Crippen LogP contribution in [0.4, 0.5) is 0 Å². The molecule has 11 heteroatoms. The third-order valence-corrected chi connectivity index (χ3v) is 9.59. The Bertz CT molecular complexity index is 1590. The van der Waals surface area contributed by atoms with Crippen LogP contribution in [-0.2, 0) is 26.0 Å². The van der Waals surface area contributed by atoms with Crippen LogP contribution in [0.2, 0.25) is 0 Å². The highest BCUT2D eigenvalue weighted by Gasteiger charge is 2.40. The van der Waals surface area contributed by atoms with E-state index < -0.39 is 28.0 Å². The van der Waals surface area contributed by atoms with Crippen LogP contribution in [0.25, 0.3) is 10.8 Å². The molecule has 2 aliphatic heterocycles. The number of nitrogens with two attached hydrogens (primary N) is 1. The van der Waals surface area contributed by atoms with E-state index in [0.717, 1.165) is 35.6 Å². The standard InChI is InChI=1S/C31H37N5O5S/c1-41-25-13-11-24-20-26(14-12-23(24)19-25)42(39,40)34-27-6-5-17-36(30(27)37)28(31(38)35-15-3-2-4-16-35)18-21-7-9-22(10-8-21)29(32)33/h7-14,19-20,27-28,34H,2-6,15-18H2,1H3,(H3,32,33). The molecule has 2 aliphatic rings. The average molecular weight is 592 g/mol. The summed E-state index contributed by atoms with van der Waals surface area (Å²) in [7, 11) is -2.44. The first-order valence-corrected chi connectivity index (χ1v) is 15.8. The molecule has 4 N–H and O–H groups in total.